The molecular weight excluding hydrogens is 767 g/mol. The molecule has 0 bridgehead atoms. The summed E-state index contributed by atoms with van der Waals surface area (Å²) in [4.78, 5) is 26.1. The Labute approximate surface area is 383 Å². The number of carbonyl (C=O) groups is 2. The molecule has 62 heavy (non-hydrogen) atoms. The molecule has 0 aromatic carbocycles. The van der Waals surface area contributed by atoms with Gasteiger partial charge in [-0.05, 0) is 70.6 Å². The van der Waals surface area contributed by atoms with Crippen LogP contribution in [0.1, 0.15) is 233 Å². The number of amides is 1. The number of hydrogen-bond acceptors (Lipinski definition) is 5. The Morgan fingerprint density at radius 2 is 0.935 bits per heavy atom. The van der Waals surface area contributed by atoms with E-state index in [1.165, 1.54) is 109 Å². The summed E-state index contributed by atoms with van der Waals surface area (Å²) in [5, 5.41) is 23.7. The van der Waals surface area contributed by atoms with Crippen LogP contribution in [0.25, 0.3) is 0 Å². The van der Waals surface area contributed by atoms with Crippen LogP contribution in [0, 0.1) is 0 Å². The van der Waals surface area contributed by atoms with Crippen molar-refractivity contribution in [3.05, 3.63) is 85.1 Å². The van der Waals surface area contributed by atoms with Gasteiger partial charge >= 0.3 is 5.97 Å². The van der Waals surface area contributed by atoms with Crippen LogP contribution in [0.3, 0.4) is 0 Å². The van der Waals surface area contributed by atoms with Crippen LogP contribution < -0.4 is 5.32 Å². The molecule has 0 aromatic rings. The molecule has 0 aliphatic rings. The van der Waals surface area contributed by atoms with E-state index >= 15 is 0 Å². The van der Waals surface area contributed by atoms with Crippen molar-refractivity contribution in [2.24, 2.45) is 0 Å². The lowest BCUT2D eigenvalue weighted by molar-refractivity contribution is -0.150. The van der Waals surface area contributed by atoms with Crippen molar-refractivity contribution in [1.82, 2.24) is 5.32 Å². The Balaban J connectivity index is 4.75. The molecule has 3 atom stereocenters. The number of aliphatic hydroxyl groups is 2. The van der Waals surface area contributed by atoms with E-state index in [1.807, 2.05) is 12.2 Å². The van der Waals surface area contributed by atoms with Gasteiger partial charge in [0.05, 0.1) is 25.2 Å². The van der Waals surface area contributed by atoms with Gasteiger partial charge in [0.15, 0.2) is 0 Å². The molecule has 356 valence electrons. The third-order valence-electron chi connectivity index (χ3n) is 11.2. The van der Waals surface area contributed by atoms with E-state index in [2.05, 4.69) is 99.0 Å². The number of unbranched alkanes of at least 4 members (excludes halogenated alkanes) is 21. The van der Waals surface area contributed by atoms with Crippen molar-refractivity contribution in [2.45, 2.75) is 251 Å². The third kappa shape index (κ3) is 43.7. The summed E-state index contributed by atoms with van der Waals surface area (Å²) in [5.41, 5.74) is 0. The van der Waals surface area contributed by atoms with Crippen LogP contribution in [0.2, 0.25) is 0 Å². The summed E-state index contributed by atoms with van der Waals surface area (Å²) in [6, 6.07) is -0.738. The molecule has 0 spiro atoms. The Hall–Kier alpha value is -2.96. The maximum atomic E-state index is 13.2. The molecule has 0 radical (unpaired) electrons. The summed E-state index contributed by atoms with van der Waals surface area (Å²) < 4.78 is 5.86. The standard InChI is InChI=1S/C56H97NO5/c1-4-7-10-13-16-19-22-25-27-30-32-35-38-41-44-47-52(62-56(61)49-46-43-40-37-34-31-28-26-23-20-17-14-11-8-5-2)50-55(60)57-53(51-58)54(59)48-45-42-39-36-33-29-24-21-18-15-12-9-6-3/h7,10,16-17,19-20,23,25-27,32,35,41,44,52-54,58-59H,4-6,8-9,11-15,18,21-22,24,28-31,33-34,36-40,42-43,45-51H2,1-3H3,(H,57,60)/b10-7-,19-16-,20-17+,26-23+,27-25-,35-32-,44-41-. The molecular formula is C56H97NO5. The molecule has 0 aliphatic carbocycles. The maximum Gasteiger partial charge on any atom is 0.306 e. The van der Waals surface area contributed by atoms with E-state index in [9.17, 15) is 19.8 Å². The summed E-state index contributed by atoms with van der Waals surface area (Å²) in [5.74, 6) is -0.597. The molecule has 6 heteroatoms. The first-order valence-corrected chi connectivity index (χ1v) is 25.8. The molecule has 0 fully saturated rings. The van der Waals surface area contributed by atoms with Gasteiger partial charge in [0.25, 0.3) is 0 Å². The lowest BCUT2D eigenvalue weighted by Gasteiger charge is -2.24. The molecule has 0 aliphatic heterocycles. The highest BCUT2D eigenvalue weighted by atomic mass is 16.5. The molecule has 1 amide bonds. The third-order valence-corrected chi connectivity index (χ3v) is 11.2. The largest absolute Gasteiger partial charge is 0.461 e. The van der Waals surface area contributed by atoms with Crippen molar-refractivity contribution < 1.29 is 24.5 Å². The predicted molar refractivity (Wildman–Crippen MR) is 268 cm³/mol. The zero-order valence-electron chi connectivity index (χ0n) is 40.5. The molecule has 0 rings (SSSR count). The van der Waals surface area contributed by atoms with Crippen molar-refractivity contribution >= 4 is 11.9 Å². The Kier molecular flexibility index (Phi) is 46.7. The number of nitrogens with one attached hydrogen (secondary N) is 1. The monoisotopic (exact) mass is 864 g/mol. The summed E-state index contributed by atoms with van der Waals surface area (Å²) in [6.45, 7) is 6.30. The van der Waals surface area contributed by atoms with Crippen LogP contribution in [0.4, 0.5) is 0 Å². The number of hydrogen-bond donors (Lipinski definition) is 3. The van der Waals surface area contributed by atoms with Crippen LogP contribution in [-0.2, 0) is 14.3 Å². The second-order valence-corrected chi connectivity index (χ2v) is 17.2. The average Bonchev–Trinajstić information content (AvgIpc) is 3.26. The fourth-order valence-electron chi connectivity index (χ4n) is 7.33. The van der Waals surface area contributed by atoms with Gasteiger partial charge in [-0.1, -0.05) is 228 Å². The van der Waals surface area contributed by atoms with Gasteiger partial charge in [-0.15, -0.1) is 0 Å². The minimum Gasteiger partial charge on any atom is -0.461 e. The topological polar surface area (TPSA) is 95.9 Å². The molecule has 0 heterocycles. The highest BCUT2D eigenvalue weighted by Gasteiger charge is 2.23. The average molecular weight is 864 g/mol. The predicted octanol–water partition coefficient (Wildman–Crippen LogP) is 15.6. The highest BCUT2D eigenvalue weighted by Crippen LogP contribution is 2.16. The zero-order valence-corrected chi connectivity index (χ0v) is 40.5. The summed E-state index contributed by atoms with van der Waals surface area (Å²) >= 11 is 0. The van der Waals surface area contributed by atoms with E-state index in [4.69, 9.17) is 4.74 Å². The number of rotatable bonds is 45. The van der Waals surface area contributed by atoms with Gasteiger partial charge in [0.2, 0.25) is 5.91 Å². The summed E-state index contributed by atoms with van der Waals surface area (Å²) in [7, 11) is 0. The van der Waals surface area contributed by atoms with Crippen molar-refractivity contribution in [3.8, 4) is 0 Å². The second kappa shape index (κ2) is 49.1. The lowest BCUT2D eigenvalue weighted by atomic mass is 10.0. The first-order valence-electron chi connectivity index (χ1n) is 25.8. The Morgan fingerprint density at radius 3 is 1.44 bits per heavy atom. The SMILES string of the molecule is CC/C=C\C/C=C\C/C=C\C/C=C\C/C=C\CC(CC(=O)NC(CO)C(O)CCCCCCCCCCCCCCC)OC(=O)CCCCCCCC/C=C/C=C/CCCCC. The highest BCUT2D eigenvalue weighted by molar-refractivity contribution is 5.77. The van der Waals surface area contributed by atoms with E-state index in [-0.39, 0.29) is 24.9 Å². The van der Waals surface area contributed by atoms with Gasteiger partial charge in [-0.2, -0.15) is 0 Å². The Morgan fingerprint density at radius 1 is 0.516 bits per heavy atom. The first-order chi connectivity index (χ1) is 30.5. The number of allylic oxidation sites excluding steroid dienone is 13. The minimum atomic E-state index is -0.817. The minimum absolute atomic E-state index is 0.00882. The first kappa shape index (κ1) is 59.0. The van der Waals surface area contributed by atoms with Gasteiger partial charge < -0.3 is 20.3 Å². The second-order valence-electron chi connectivity index (χ2n) is 17.2. The van der Waals surface area contributed by atoms with Gasteiger partial charge in [0.1, 0.15) is 6.10 Å². The van der Waals surface area contributed by atoms with Gasteiger partial charge in [-0.3, -0.25) is 9.59 Å². The molecule has 6 nitrogen and oxygen atoms in total. The summed E-state index contributed by atoms with van der Waals surface area (Å²) in [6.07, 6.45) is 63.7. The number of ether oxygens (including phenoxy) is 1. The van der Waals surface area contributed by atoms with Gasteiger partial charge in [-0.25, -0.2) is 0 Å². The zero-order chi connectivity index (χ0) is 45.2. The van der Waals surface area contributed by atoms with E-state index in [1.54, 1.807) is 0 Å². The van der Waals surface area contributed by atoms with E-state index < -0.39 is 18.2 Å². The normalized spacial score (nSPS) is 14.0. The van der Waals surface area contributed by atoms with Crippen LogP contribution in [0.5, 0.6) is 0 Å². The fourth-order valence-corrected chi connectivity index (χ4v) is 7.33. The maximum absolute atomic E-state index is 13.2. The Bertz CT molecular complexity index is 1200. The van der Waals surface area contributed by atoms with Crippen molar-refractivity contribution in [2.75, 3.05) is 6.61 Å². The molecule has 0 aromatic heterocycles. The van der Waals surface area contributed by atoms with Crippen LogP contribution >= 0.6 is 0 Å². The van der Waals surface area contributed by atoms with E-state index in [0.717, 1.165) is 77.0 Å². The number of carbonyl (C=O) groups excluding carboxylic acids is 2. The molecule has 0 saturated carbocycles. The molecule has 3 unspecified atom stereocenters. The number of aliphatic hydroxyl groups excluding tert-OH is 2. The van der Waals surface area contributed by atoms with Crippen LogP contribution in [-0.4, -0.2) is 46.9 Å². The van der Waals surface area contributed by atoms with Crippen molar-refractivity contribution in [1.29, 1.82) is 0 Å². The van der Waals surface area contributed by atoms with E-state index in [0.29, 0.717) is 19.3 Å². The number of esters is 1. The quantitative estimate of drug-likeness (QED) is 0.0245. The fraction of sp³-hybridized carbons (Fsp3) is 0.714. The van der Waals surface area contributed by atoms with Gasteiger partial charge in [0, 0.05) is 12.8 Å². The van der Waals surface area contributed by atoms with Crippen LogP contribution in [0.15, 0.2) is 85.1 Å². The lowest BCUT2D eigenvalue weighted by Crippen LogP contribution is -2.46. The molecule has 0 saturated heterocycles. The smallest absolute Gasteiger partial charge is 0.306 e. The molecule has 3 N–H and O–H groups in total. The van der Waals surface area contributed by atoms with Crippen molar-refractivity contribution in [3.63, 3.8) is 0 Å².